The second-order valence-corrected chi connectivity index (χ2v) is 8.45. The molecule has 0 aromatic carbocycles. The van der Waals surface area contributed by atoms with Crippen LogP contribution in [-0.2, 0) is 19.1 Å². The van der Waals surface area contributed by atoms with Gasteiger partial charge in [0.1, 0.15) is 19.3 Å². The number of aliphatic hydroxyl groups excluding tert-OH is 1. The van der Waals surface area contributed by atoms with Gasteiger partial charge in [0.2, 0.25) is 0 Å². The lowest BCUT2D eigenvalue weighted by Gasteiger charge is -2.30. The highest BCUT2D eigenvalue weighted by molar-refractivity contribution is 5.70. The number of nitrogens with zero attached hydrogens (tertiary/aromatic N) is 1. The van der Waals surface area contributed by atoms with Crippen molar-refractivity contribution >= 4 is 11.9 Å². The third-order valence-electron chi connectivity index (χ3n) is 4.88. The molecule has 0 aliphatic carbocycles. The van der Waals surface area contributed by atoms with Gasteiger partial charge in [0.25, 0.3) is 0 Å². The summed E-state index contributed by atoms with van der Waals surface area (Å²) in [4.78, 5) is 23.4. The number of carbonyl (C=O) groups excluding carboxylic acids is 2. The van der Waals surface area contributed by atoms with Gasteiger partial charge in [-0.1, -0.05) is 51.7 Å². The molecular weight excluding hydrogens is 370 g/mol. The number of carbonyl (C=O) groups is 2. The molecular formula is C23H44NO5+. The Labute approximate surface area is 177 Å². The van der Waals surface area contributed by atoms with E-state index in [1.54, 1.807) is 0 Å². The molecule has 0 spiro atoms. The summed E-state index contributed by atoms with van der Waals surface area (Å²) in [6.07, 6.45) is 11.8. The van der Waals surface area contributed by atoms with Gasteiger partial charge in [-0.2, -0.15) is 0 Å². The van der Waals surface area contributed by atoms with E-state index >= 15 is 0 Å². The topological polar surface area (TPSA) is 72.8 Å². The van der Waals surface area contributed by atoms with Crippen LogP contribution in [0, 0.1) is 0 Å². The Balaban J connectivity index is 4.60. The van der Waals surface area contributed by atoms with Crippen molar-refractivity contribution in [2.45, 2.75) is 90.8 Å². The van der Waals surface area contributed by atoms with E-state index in [0.717, 1.165) is 25.7 Å². The first kappa shape index (κ1) is 27.6. The maximum absolute atomic E-state index is 12.5. The SMILES string of the molecule is CCCCCC=CCC(O)C(CCCCC)OC(=O)C[N+](C)(C)CCOC(C)=O. The molecule has 0 radical (unpaired) electrons. The summed E-state index contributed by atoms with van der Waals surface area (Å²) >= 11 is 0. The molecule has 0 aliphatic rings. The van der Waals surface area contributed by atoms with Crippen LogP contribution in [0.25, 0.3) is 0 Å². The van der Waals surface area contributed by atoms with Gasteiger partial charge in [-0.05, 0) is 32.1 Å². The summed E-state index contributed by atoms with van der Waals surface area (Å²) in [5.41, 5.74) is 0. The van der Waals surface area contributed by atoms with Crippen LogP contribution >= 0.6 is 0 Å². The molecule has 0 heterocycles. The van der Waals surface area contributed by atoms with Gasteiger partial charge in [-0.15, -0.1) is 0 Å². The molecule has 0 fully saturated rings. The van der Waals surface area contributed by atoms with Gasteiger partial charge in [0.15, 0.2) is 6.54 Å². The van der Waals surface area contributed by atoms with Crippen molar-refractivity contribution in [2.75, 3.05) is 33.8 Å². The van der Waals surface area contributed by atoms with E-state index in [0.29, 0.717) is 23.9 Å². The van der Waals surface area contributed by atoms with Crippen LogP contribution < -0.4 is 0 Å². The highest BCUT2D eigenvalue weighted by atomic mass is 16.6. The third kappa shape index (κ3) is 16.1. The second kappa shape index (κ2) is 16.4. The van der Waals surface area contributed by atoms with Crippen LogP contribution in [-0.4, -0.2) is 67.5 Å². The summed E-state index contributed by atoms with van der Waals surface area (Å²) in [5, 5.41) is 10.6. The Hall–Kier alpha value is -1.40. The minimum atomic E-state index is -0.685. The van der Waals surface area contributed by atoms with Crippen LogP contribution in [0.15, 0.2) is 12.2 Å². The molecule has 0 saturated heterocycles. The van der Waals surface area contributed by atoms with Crippen molar-refractivity contribution < 1.29 is 28.7 Å². The molecule has 0 rings (SSSR count). The van der Waals surface area contributed by atoms with E-state index in [-0.39, 0.29) is 25.1 Å². The molecule has 29 heavy (non-hydrogen) atoms. The van der Waals surface area contributed by atoms with E-state index in [1.807, 2.05) is 20.2 Å². The average Bonchev–Trinajstić information content (AvgIpc) is 2.62. The predicted molar refractivity (Wildman–Crippen MR) is 116 cm³/mol. The number of esters is 2. The Kier molecular flexibility index (Phi) is 15.6. The van der Waals surface area contributed by atoms with Gasteiger partial charge in [-0.25, -0.2) is 4.79 Å². The Morgan fingerprint density at radius 1 is 1.03 bits per heavy atom. The molecule has 6 heteroatoms. The fraction of sp³-hybridized carbons (Fsp3) is 0.826. The van der Waals surface area contributed by atoms with Crippen LogP contribution in [0.3, 0.4) is 0 Å². The summed E-state index contributed by atoms with van der Waals surface area (Å²) in [7, 11) is 3.79. The summed E-state index contributed by atoms with van der Waals surface area (Å²) in [6, 6.07) is 0. The van der Waals surface area contributed by atoms with E-state index in [2.05, 4.69) is 19.9 Å². The maximum Gasteiger partial charge on any atom is 0.362 e. The smallest absolute Gasteiger partial charge is 0.362 e. The summed E-state index contributed by atoms with van der Waals surface area (Å²) < 4.78 is 11.0. The standard InChI is InChI=1S/C23H44NO5/c1-6-8-10-11-12-14-15-21(26)22(16-13-9-7-2)29-23(27)19-24(4,5)17-18-28-20(3)25/h12,14,21-22,26H,6-11,13,15-19H2,1-5H3/q+1. The average molecular weight is 415 g/mol. The van der Waals surface area contributed by atoms with Crippen molar-refractivity contribution in [3.63, 3.8) is 0 Å². The minimum absolute atomic E-state index is 0.172. The van der Waals surface area contributed by atoms with Crippen molar-refractivity contribution in [3.05, 3.63) is 12.2 Å². The molecule has 0 amide bonds. The Bertz CT molecular complexity index is 476. The largest absolute Gasteiger partial charge is 0.460 e. The highest BCUT2D eigenvalue weighted by Gasteiger charge is 2.27. The van der Waals surface area contributed by atoms with Gasteiger partial charge < -0.3 is 19.1 Å². The number of rotatable bonds is 17. The monoisotopic (exact) mass is 414 g/mol. The molecule has 0 aromatic heterocycles. The van der Waals surface area contributed by atoms with Gasteiger partial charge in [0, 0.05) is 6.92 Å². The Morgan fingerprint density at radius 3 is 2.31 bits per heavy atom. The molecule has 6 nitrogen and oxygen atoms in total. The number of allylic oxidation sites excluding steroid dienone is 1. The first-order valence-corrected chi connectivity index (χ1v) is 11.2. The summed E-state index contributed by atoms with van der Waals surface area (Å²) in [6.45, 7) is 6.64. The Morgan fingerprint density at radius 2 is 1.69 bits per heavy atom. The van der Waals surface area contributed by atoms with Crippen molar-refractivity contribution in [2.24, 2.45) is 0 Å². The lowest BCUT2D eigenvalue weighted by Crippen LogP contribution is -2.47. The van der Waals surface area contributed by atoms with Crippen LogP contribution in [0.4, 0.5) is 0 Å². The lowest BCUT2D eigenvalue weighted by atomic mass is 10.0. The number of unbranched alkanes of at least 4 members (excludes halogenated alkanes) is 5. The van der Waals surface area contributed by atoms with Crippen LogP contribution in [0.1, 0.15) is 78.6 Å². The molecule has 170 valence electrons. The van der Waals surface area contributed by atoms with Crippen LogP contribution in [0.2, 0.25) is 0 Å². The zero-order valence-corrected chi connectivity index (χ0v) is 19.3. The van der Waals surface area contributed by atoms with E-state index < -0.39 is 12.2 Å². The molecule has 0 aliphatic heterocycles. The summed E-state index contributed by atoms with van der Waals surface area (Å²) in [5.74, 6) is -0.653. The zero-order valence-electron chi connectivity index (χ0n) is 19.3. The van der Waals surface area contributed by atoms with Crippen LogP contribution in [0.5, 0.6) is 0 Å². The first-order valence-electron chi connectivity index (χ1n) is 11.2. The molecule has 0 bridgehead atoms. The molecule has 0 aromatic rings. The lowest BCUT2D eigenvalue weighted by molar-refractivity contribution is -0.883. The van der Waals surface area contributed by atoms with Crippen molar-refractivity contribution in [1.29, 1.82) is 0 Å². The van der Waals surface area contributed by atoms with E-state index in [9.17, 15) is 14.7 Å². The van der Waals surface area contributed by atoms with Gasteiger partial charge in [0.05, 0.1) is 20.2 Å². The first-order chi connectivity index (χ1) is 13.7. The molecule has 2 unspecified atom stereocenters. The van der Waals surface area contributed by atoms with Gasteiger partial charge >= 0.3 is 11.9 Å². The van der Waals surface area contributed by atoms with Crippen molar-refractivity contribution in [3.8, 4) is 0 Å². The maximum atomic E-state index is 12.5. The second-order valence-electron chi connectivity index (χ2n) is 8.45. The van der Waals surface area contributed by atoms with Gasteiger partial charge in [-0.3, -0.25) is 4.79 Å². The van der Waals surface area contributed by atoms with Crippen molar-refractivity contribution in [1.82, 2.24) is 0 Å². The number of aliphatic hydroxyl groups is 1. The molecule has 1 N–H and O–H groups in total. The number of ether oxygens (including phenoxy) is 2. The third-order valence-corrected chi connectivity index (χ3v) is 4.88. The van der Waals surface area contributed by atoms with E-state index in [4.69, 9.17) is 9.47 Å². The normalized spacial score (nSPS) is 14.0. The number of quaternary nitrogens is 1. The highest BCUT2D eigenvalue weighted by Crippen LogP contribution is 2.15. The minimum Gasteiger partial charge on any atom is -0.460 e. The number of likely N-dealkylation sites (N-methyl/N-ethyl adjacent to an activating group) is 1. The van der Waals surface area contributed by atoms with E-state index in [1.165, 1.54) is 26.2 Å². The number of hydrogen-bond donors (Lipinski definition) is 1. The number of hydrogen-bond acceptors (Lipinski definition) is 5. The quantitative estimate of drug-likeness (QED) is 0.168. The predicted octanol–water partition coefficient (Wildman–Crippen LogP) is 4.01. The molecule has 2 atom stereocenters. The fourth-order valence-corrected chi connectivity index (χ4v) is 3.01. The molecule has 0 saturated carbocycles. The fourth-order valence-electron chi connectivity index (χ4n) is 3.01. The zero-order chi connectivity index (χ0) is 22.1.